The zero-order valence-corrected chi connectivity index (χ0v) is 16.8. The molecule has 1 aromatic heterocycles. The molecule has 0 saturated carbocycles. The minimum atomic E-state index is -1.33. The number of nitrogens with zero attached hydrogens (tertiary/aromatic N) is 4. The first kappa shape index (κ1) is 18.6. The molecule has 1 fully saturated rings. The third-order valence-electron chi connectivity index (χ3n) is 6.42. The smallest absolute Gasteiger partial charge is 0.265 e. The summed E-state index contributed by atoms with van der Waals surface area (Å²) in [7, 11) is 1.62. The lowest BCUT2D eigenvalue weighted by Gasteiger charge is -2.52. The molecule has 3 aliphatic rings. The molecule has 30 heavy (non-hydrogen) atoms. The van der Waals surface area contributed by atoms with Gasteiger partial charge < -0.3 is 15.2 Å². The van der Waals surface area contributed by atoms with E-state index in [1.807, 2.05) is 25.1 Å². The van der Waals surface area contributed by atoms with E-state index in [9.17, 15) is 10.1 Å². The van der Waals surface area contributed by atoms with Crippen molar-refractivity contribution in [1.29, 1.82) is 5.26 Å². The number of hydrogen-bond donors (Lipinski definition) is 1. The first-order chi connectivity index (χ1) is 14.4. The Kier molecular flexibility index (Phi) is 3.89. The van der Waals surface area contributed by atoms with Crippen LogP contribution in [0.4, 0.5) is 0 Å². The third-order valence-corrected chi connectivity index (χ3v) is 6.42. The van der Waals surface area contributed by atoms with Crippen molar-refractivity contribution in [1.82, 2.24) is 9.88 Å². The number of pyridine rings is 1. The number of likely N-dealkylation sites (N-methyl/N-ethyl adjacent to an activating group) is 1. The molecule has 0 bridgehead atoms. The Balaban J connectivity index is 1.76. The van der Waals surface area contributed by atoms with Crippen LogP contribution in [0.5, 0.6) is 5.75 Å². The van der Waals surface area contributed by atoms with Gasteiger partial charge in [-0.1, -0.05) is 6.07 Å². The summed E-state index contributed by atoms with van der Waals surface area (Å²) < 4.78 is 12.5. The second-order valence-corrected chi connectivity index (χ2v) is 8.03. The van der Waals surface area contributed by atoms with Gasteiger partial charge in [0.15, 0.2) is 5.96 Å². The van der Waals surface area contributed by atoms with Crippen LogP contribution in [-0.2, 0) is 15.1 Å². The molecule has 1 saturated heterocycles. The standard InChI is InChI=1S/C22H21N5O3/c1-21-18(4-3-7-29-21)30-17-6-5-14(15-8-13(10-23)11-25-12-15)9-16(17)22(21)19(28)27(2)20(24)26-22/h5-6,8-9,11-12,18H,3-4,7H2,1-2H3,(H2,24,26)/t18?,21-,22+/m0/s1. The average molecular weight is 403 g/mol. The quantitative estimate of drug-likeness (QED) is 0.778. The topological polar surface area (TPSA) is 114 Å². The van der Waals surface area contributed by atoms with Crippen LogP contribution in [0.15, 0.2) is 41.7 Å². The van der Waals surface area contributed by atoms with Gasteiger partial charge in [0.1, 0.15) is 23.5 Å². The zero-order chi connectivity index (χ0) is 21.1. The second-order valence-electron chi connectivity index (χ2n) is 8.03. The van der Waals surface area contributed by atoms with E-state index in [0.29, 0.717) is 23.5 Å². The SMILES string of the molecule is CN1C(=O)[C@]2(N=C1N)c1cc(-c3cncc(C#N)c3)ccc1OC1CCCO[C@@]12C. The molecule has 1 aromatic carbocycles. The summed E-state index contributed by atoms with van der Waals surface area (Å²) in [6.07, 6.45) is 4.48. The van der Waals surface area contributed by atoms with Crippen molar-refractivity contribution in [2.45, 2.75) is 37.0 Å². The van der Waals surface area contributed by atoms with Gasteiger partial charge in [-0.15, -0.1) is 0 Å². The molecule has 152 valence electrons. The van der Waals surface area contributed by atoms with Gasteiger partial charge >= 0.3 is 0 Å². The molecule has 2 aromatic rings. The van der Waals surface area contributed by atoms with Crippen LogP contribution in [0, 0.1) is 11.3 Å². The Hall–Kier alpha value is -3.44. The zero-order valence-electron chi connectivity index (χ0n) is 16.8. The Labute approximate surface area is 173 Å². The molecule has 1 unspecified atom stereocenters. The van der Waals surface area contributed by atoms with Crippen molar-refractivity contribution in [3.05, 3.63) is 47.8 Å². The molecule has 5 rings (SSSR count). The van der Waals surface area contributed by atoms with Crippen LogP contribution in [0.3, 0.4) is 0 Å². The fourth-order valence-corrected chi connectivity index (χ4v) is 4.74. The summed E-state index contributed by atoms with van der Waals surface area (Å²) in [5.74, 6) is 0.511. The summed E-state index contributed by atoms with van der Waals surface area (Å²) in [5, 5.41) is 9.22. The lowest BCUT2D eigenvalue weighted by molar-refractivity contribution is -0.191. The number of ether oxygens (including phenoxy) is 2. The molecule has 0 radical (unpaired) electrons. The van der Waals surface area contributed by atoms with Crippen molar-refractivity contribution in [3.63, 3.8) is 0 Å². The number of fused-ring (bicyclic) bond motifs is 4. The molecule has 8 heteroatoms. The first-order valence-electron chi connectivity index (χ1n) is 9.85. The largest absolute Gasteiger partial charge is 0.487 e. The van der Waals surface area contributed by atoms with Crippen molar-refractivity contribution >= 4 is 11.9 Å². The molecule has 3 aliphatic heterocycles. The van der Waals surface area contributed by atoms with Crippen molar-refractivity contribution in [2.75, 3.05) is 13.7 Å². The average Bonchev–Trinajstić information content (AvgIpc) is 3.00. The summed E-state index contributed by atoms with van der Waals surface area (Å²) in [6.45, 7) is 2.41. The van der Waals surface area contributed by atoms with Crippen molar-refractivity contribution in [2.24, 2.45) is 10.7 Å². The highest BCUT2D eigenvalue weighted by molar-refractivity contribution is 6.08. The number of hydrogen-bond acceptors (Lipinski definition) is 7. The van der Waals surface area contributed by atoms with E-state index >= 15 is 0 Å². The van der Waals surface area contributed by atoms with E-state index in [1.54, 1.807) is 19.3 Å². The van der Waals surface area contributed by atoms with E-state index in [0.717, 1.165) is 24.0 Å². The van der Waals surface area contributed by atoms with Crippen LogP contribution in [-0.4, -0.2) is 47.1 Å². The molecule has 2 N–H and O–H groups in total. The lowest BCUT2D eigenvalue weighted by Crippen LogP contribution is -2.67. The third kappa shape index (κ3) is 2.27. The fourth-order valence-electron chi connectivity index (χ4n) is 4.74. The molecule has 1 amide bonds. The normalized spacial score (nSPS) is 29.6. The Morgan fingerprint density at radius 1 is 1.30 bits per heavy atom. The number of carbonyl (C=O) groups excluding carboxylic acids is 1. The summed E-state index contributed by atoms with van der Waals surface area (Å²) >= 11 is 0. The van der Waals surface area contributed by atoms with E-state index in [1.165, 1.54) is 11.1 Å². The summed E-state index contributed by atoms with van der Waals surface area (Å²) in [5.41, 5.74) is 6.42. The number of carbonyl (C=O) groups is 1. The molecular weight excluding hydrogens is 382 g/mol. The molecule has 3 atom stereocenters. The Morgan fingerprint density at radius 2 is 2.13 bits per heavy atom. The van der Waals surface area contributed by atoms with Gasteiger partial charge in [-0.2, -0.15) is 5.26 Å². The van der Waals surface area contributed by atoms with Gasteiger partial charge in [0.05, 0.1) is 5.56 Å². The number of aromatic nitrogens is 1. The van der Waals surface area contributed by atoms with Gasteiger partial charge in [0.2, 0.25) is 5.54 Å². The maximum atomic E-state index is 13.6. The first-order valence-corrected chi connectivity index (χ1v) is 9.85. The maximum Gasteiger partial charge on any atom is 0.265 e. The predicted molar refractivity (Wildman–Crippen MR) is 108 cm³/mol. The number of benzene rings is 1. The van der Waals surface area contributed by atoms with Gasteiger partial charge in [-0.05, 0) is 43.5 Å². The van der Waals surface area contributed by atoms with Crippen molar-refractivity contribution in [3.8, 4) is 22.9 Å². The van der Waals surface area contributed by atoms with Gasteiger partial charge in [-0.25, -0.2) is 4.99 Å². The number of rotatable bonds is 1. The van der Waals surface area contributed by atoms with Gasteiger partial charge in [0.25, 0.3) is 5.91 Å². The number of guanidine groups is 1. The fraction of sp³-hybridized carbons (Fsp3) is 0.364. The molecule has 4 heterocycles. The Morgan fingerprint density at radius 3 is 2.87 bits per heavy atom. The van der Waals surface area contributed by atoms with Crippen LogP contribution < -0.4 is 10.5 Å². The van der Waals surface area contributed by atoms with Crippen LogP contribution in [0.2, 0.25) is 0 Å². The van der Waals surface area contributed by atoms with E-state index < -0.39 is 11.1 Å². The van der Waals surface area contributed by atoms with E-state index in [-0.39, 0.29) is 18.0 Å². The molecule has 8 nitrogen and oxygen atoms in total. The Bertz CT molecular complexity index is 1140. The van der Waals surface area contributed by atoms with Crippen LogP contribution >= 0.6 is 0 Å². The number of nitriles is 1. The molecule has 1 spiro atoms. The highest BCUT2D eigenvalue weighted by atomic mass is 16.6. The maximum absolute atomic E-state index is 13.6. The molecule has 0 aliphatic carbocycles. The summed E-state index contributed by atoms with van der Waals surface area (Å²) in [6, 6.07) is 9.48. The highest BCUT2D eigenvalue weighted by Crippen LogP contribution is 2.55. The number of aliphatic imine (C=N–C) groups is 1. The minimum absolute atomic E-state index is 0.153. The van der Waals surface area contributed by atoms with Gasteiger partial charge in [0, 0.05) is 37.2 Å². The minimum Gasteiger partial charge on any atom is -0.487 e. The predicted octanol–water partition coefficient (Wildman–Crippen LogP) is 1.93. The van der Waals surface area contributed by atoms with Gasteiger partial charge in [-0.3, -0.25) is 14.7 Å². The van der Waals surface area contributed by atoms with Crippen molar-refractivity contribution < 1.29 is 14.3 Å². The monoisotopic (exact) mass is 403 g/mol. The van der Waals surface area contributed by atoms with E-state index in [2.05, 4.69) is 11.1 Å². The summed E-state index contributed by atoms with van der Waals surface area (Å²) in [4.78, 5) is 23.8. The number of nitrogens with two attached hydrogens (primary N) is 1. The molecular formula is C22H21N5O3. The highest BCUT2D eigenvalue weighted by Gasteiger charge is 2.68. The second kappa shape index (κ2) is 6.28. The lowest BCUT2D eigenvalue weighted by atomic mass is 9.68. The van der Waals surface area contributed by atoms with Crippen LogP contribution in [0.25, 0.3) is 11.1 Å². The number of amides is 1. The van der Waals surface area contributed by atoms with Crippen LogP contribution in [0.1, 0.15) is 30.9 Å². The van der Waals surface area contributed by atoms with E-state index in [4.69, 9.17) is 20.2 Å².